The van der Waals surface area contributed by atoms with E-state index in [9.17, 15) is 9.18 Å². The monoisotopic (exact) mass is 264 g/mol. The van der Waals surface area contributed by atoms with Gasteiger partial charge in [0, 0.05) is 25.6 Å². The van der Waals surface area contributed by atoms with Crippen LogP contribution < -0.4 is 10.6 Å². The molecule has 0 spiro atoms. The zero-order valence-electron chi connectivity index (χ0n) is 11.3. The van der Waals surface area contributed by atoms with E-state index in [-0.39, 0.29) is 11.7 Å². The van der Waals surface area contributed by atoms with Crippen molar-refractivity contribution in [2.24, 2.45) is 0 Å². The predicted octanol–water partition coefficient (Wildman–Crippen LogP) is 2.19. The highest BCUT2D eigenvalue weighted by atomic mass is 19.1. The van der Waals surface area contributed by atoms with E-state index >= 15 is 0 Å². The number of halogens is 1. The van der Waals surface area contributed by atoms with E-state index in [1.54, 1.807) is 12.1 Å². The quantitative estimate of drug-likeness (QED) is 0.827. The average Bonchev–Trinajstić information content (AvgIpc) is 2.32. The van der Waals surface area contributed by atoms with Gasteiger partial charge in [0.1, 0.15) is 5.82 Å². The van der Waals surface area contributed by atoms with Gasteiger partial charge in [-0.05, 0) is 43.4 Å². The molecule has 4 heteroatoms. The summed E-state index contributed by atoms with van der Waals surface area (Å²) in [4.78, 5) is 11.3. The van der Waals surface area contributed by atoms with E-state index in [2.05, 4.69) is 10.6 Å². The number of carbonyl (C=O) groups is 1. The largest absolute Gasteiger partial charge is 0.356 e. The van der Waals surface area contributed by atoms with Crippen LogP contribution in [0.4, 0.5) is 4.39 Å². The number of amides is 1. The molecule has 0 saturated heterocycles. The molecule has 19 heavy (non-hydrogen) atoms. The molecule has 2 N–H and O–H groups in total. The van der Waals surface area contributed by atoms with E-state index in [0.717, 1.165) is 18.4 Å². The lowest BCUT2D eigenvalue weighted by Gasteiger charge is -2.36. The molecule has 0 radical (unpaired) electrons. The minimum atomic E-state index is -0.162. The second-order valence-corrected chi connectivity index (χ2v) is 5.08. The normalized spacial score (nSPS) is 21.8. The number of carbonyl (C=O) groups excluding carboxylic acids is 1. The smallest absolute Gasteiger partial charge is 0.221 e. The standard InChI is InChI=1S/C15H21FN2O/c1-2-17-15(19)6-7-18-14-9-12(10-14)11-4-3-5-13(16)8-11/h3-5,8,12,14,18H,2,6-7,9-10H2,1H3,(H,17,19). The first kappa shape index (κ1) is 14.0. The third kappa shape index (κ3) is 4.03. The summed E-state index contributed by atoms with van der Waals surface area (Å²) >= 11 is 0. The fourth-order valence-corrected chi connectivity index (χ4v) is 2.49. The van der Waals surface area contributed by atoms with Crippen LogP contribution in [0.1, 0.15) is 37.7 Å². The van der Waals surface area contributed by atoms with Crippen LogP contribution in [0, 0.1) is 5.82 Å². The molecule has 0 atom stereocenters. The van der Waals surface area contributed by atoms with Crippen molar-refractivity contribution in [3.05, 3.63) is 35.6 Å². The predicted molar refractivity (Wildman–Crippen MR) is 73.5 cm³/mol. The van der Waals surface area contributed by atoms with Crippen LogP contribution in [0.3, 0.4) is 0 Å². The van der Waals surface area contributed by atoms with Crippen LogP contribution in [0.5, 0.6) is 0 Å². The molecule has 0 unspecified atom stereocenters. The van der Waals surface area contributed by atoms with Gasteiger partial charge in [-0.1, -0.05) is 12.1 Å². The van der Waals surface area contributed by atoms with Crippen LogP contribution in [0.15, 0.2) is 24.3 Å². The molecular weight excluding hydrogens is 243 g/mol. The first-order valence-corrected chi connectivity index (χ1v) is 6.94. The Morgan fingerprint density at radius 2 is 2.21 bits per heavy atom. The summed E-state index contributed by atoms with van der Waals surface area (Å²) in [6.07, 6.45) is 2.58. The molecular formula is C15H21FN2O. The SMILES string of the molecule is CCNC(=O)CCNC1CC(c2cccc(F)c2)C1. The van der Waals surface area contributed by atoms with E-state index < -0.39 is 0 Å². The molecule has 1 fully saturated rings. The Kier molecular flexibility index (Phi) is 4.91. The van der Waals surface area contributed by atoms with Crippen molar-refractivity contribution >= 4 is 5.91 Å². The van der Waals surface area contributed by atoms with E-state index in [4.69, 9.17) is 0 Å². The minimum Gasteiger partial charge on any atom is -0.356 e. The molecule has 1 saturated carbocycles. The third-order valence-electron chi connectivity index (χ3n) is 3.62. The molecule has 2 rings (SSSR count). The molecule has 3 nitrogen and oxygen atoms in total. The van der Waals surface area contributed by atoms with Crippen molar-refractivity contribution in [3.63, 3.8) is 0 Å². The van der Waals surface area contributed by atoms with Gasteiger partial charge in [-0.3, -0.25) is 4.79 Å². The second kappa shape index (κ2) is 6.66. The summed E-state index contributed by atoms with van der Waals surface area (Å²) in [7, 11) is 0. The van der Waals surface area contributed by atoms with Gasteiger partial charge in [0.2, 0.25) is 5.91 Å². The van der Waals surface area contributed by atoms with Crippen LogP contribution in [0.25, 0.3) is 0 Å². The topological polar surface area (TPSA) is 41.1 Å². The van der Waals surface area contributed by atoms with Crippen LogP contribution in [0.2, 0.25) is 0 Å². The van der Waals surface area contributed by atoms with Crippen LogP contribution in [-0.4, -0.2) is 25.0 Å². The van der Waals surface area contributed by atoms with E-state index in [1.165, 1.54) is 6.07 Å². The zero-order chi connectivity index (χ0) is 13.7. The summed E-state index contributed by atoms with van der Waals surface area (Å²) in [5.41, 5.74) is 1.08. The first-order chi connectivity index (χ1) is 9.19. The molecule has 0 aromatic heterocycles. The van der Waals surface area contributed by atoms with Gasteiger partial charge in [-0.15, -0.1) is 0 Å². The Hall–Kier alpha value is -1.42. The molecule has 1 amide bonds. The maximum absolute atomic E-state index is 13.1. The Morgan fingerprint density at radius 3 is 2.89 bits per heavy atom. The van der Waals surface area contributed by atoms with Gasteiger partial charge in [-0.2, -0.15) is 0 Å². The molecule has 1 aromatic rings. The lowest BCUT2D eigenvalue weighted by molar-refractivity contribution is -0.120. The van der Waals surface area contributed by atoms with Crippen molar-refractivity contribution < 1.29 is 9.18 Å². The Bertz CT molecular complexity index is 430. The number of rotatable bonds is 6. The summed E-state index contributed by atoms with van der Waals surface area (Å²) in [6.45, 7) is 3.32. The summed E-state index contributed by atoms with van der Waals surface area (Å²) in [6, 6.07) is 7.31. The molecule has 0 bridgehead atoms. The molecule has 0 heterocycles. The highest BCUT2D eigenvalue weighted by Gasteiger charge is 2.29. The lowest BCUT2D eigenvalue weighted by atomic mass is 9.76. The zero-order valence-corrected chi connectivity index (χ0v) is 11.3. The highest BCUT2D eigenvalue weighted by molar-refractivity contribution is 5.75. The second-order valence-electron chi connectivity index (χ2n) is 5.08. The average molecular weight is 264 g/mol. The van der Waals surface area contributed by atoms with Crippen molar-refractivity contribution in [3.8, 4) is 0 Å². The molecule has 1 aliphatic rings. The van der Waals surface area contributed by atoms with Gasteiger partial charge in [0.05, 0.1) is 0 Å². The maximum Gasteiger partial charge on any atom is 0.221 e. The first-order valence-electron chi connectivity index (χ1n) is 6.94. The number of benzene rings is 1. The van der Waals surface area contributed by atoms with Gasteiger partial charge >= 0.3 is 0 Å². The minimum absolute atomic E-state index is 0.0935. The molecule has 104 valence electrons. The lowest BCUT2D eigenvalue weighted by Crippen LogP contribution is -2.41. The van der Waals surface area contributed by atoms with Crippen molar-refractivity contribution in [2.75, 3.05) is 13.1 Å². The van der Waals surface area contributed by atoms with Crippen LogP contribution in [-0.2, 0) is 4.79 Å². The molecule has 1 aromatic carbocycles. The molecule has 0 aliphatic heterocycles. The fourth-order valence-electron chi connectivity index (χ4n) is 2.49. The number of nitrogens with one attached hydrogen (secondary N) is 2. The summed E-state index contributed by atoms with van der Waals surface area (Å²) in [5.74, 6) is 0.388. The van der Waals surface area contributed by atoms with E-state index in [0.29, 0.717) is 31.5 Å². The molecule has 1 aliphatic carbocycles. The van der Waals surface area contributed by atoms with Crippen molar-refractivity contribution in [1.82, 2.24) is 10.6 Å². The van der Waals surface area contributed by atoms with Gasteiger partial charge in [0.25, 0.3) is 0 Å². The fraction of sp³-hybridized carbons (Fsp3) is 0.533. The maximum atomic E-state index is 13.1. The van der Waals surface area contributed by atoms with Gasteiger partial charge < -0.3 is 10.6 Å². The van der Waals surface area contributed by atoms with Gasteiger partial charge in [0.15, 0.2) is 0 Å². The Morgan fingerprint density at radius 1 is 1.42 bits per heavy atom. The van der Waals surface area contributed by atoms with E-state index in [1.807, 2.05) is 13.0 Å². The summed E-state index contributed by atoms with van der Waals surface area (Å²) in [5, 5.41) is 6.14. The number of hydrogen-bond donors (Lipinski definition) is 2. The Labute approximate surface area is 113 Å². The summed E-state index contributed by atoms with van der Waals surface area (Å²) < 4.78 is 13.1. The third-order valence-corrected chi connectivity index (χ3v) is 3.62. The van der Waals surface area contributed by atoms with Crippen molar-refractivity contribution in [1.29, 1.82) is 0 Å². The Balaban J connectivity index is 1.65. The highest BCUT2D eigenvalue weighted by Crippen LogP contribution is 2.36. The van der Waals surface area contributed by atoms with Crippen molar-refractivity contribution in [2.45, 2.75) is 38.1 Å². The number of hydrogen-bond acceptors (Lipinski definition) is 2. The van der Waals surface area contributed by atoms with Gasteiger partial charge in [-0.25, -0.2) is 4.39 Å². The van der Waals surface area contributed by atoms with Crippen LogP contribution >= 0.6 is 0 Å².